The van der Waals surface area contributed by atoms with Gasteiger partial charge in [-0.05, 0) is 32.4 Å². The zero-order valence-electron chi connectivity index (χ0n) is 16.4. The predicted octanol–water partition coefficient (Wildman–Crippen LogP) is 3.51. The van der Waals surface area contributed by atoms with Gasteiger partial charge in [0.05, 0.1) is 18.2 Å². The molecule has 0 aliphatic heterocycles. The van der Waals surface area contributed by atoms with Gasteiger partial charge < -0.3 is 10.1 Å². The van der Waals surface area contributed by atoms with Crippen LogP contribution in [-0.2, 0) is 17.9 Å². The van der Waals surface area contributed by atoms with Crippen LogP contribution < -0.4 is 15.6 Å². The van der Waals surface area contributed by atoms with Crippen LogP contribution in [0.5, 0.6) is 5.75 Å². The summed E-state index contributed by atoms with van der Waals surface area (Å²) in [6.07, 6.45) is 0. The highest BCUT2D eigenvalue weighted by Gasteiger charge is 2.17. The molecule has 3 rings (SSSR count). The summed E-state index contributed by atoms with van der Waals surface area (Å²) in [7, 11) is 1.61. The number of methoxy groups -OCH3 is 1. The lowest BCUT2D eigenvalue weighted by molar-refractivity contribution is -0.118. The lowest BCUT2D eigenvalue weighted by atomic mass is 10.2. The third-order valence-electron chi connectivity index (χ3n) is 4.57. The summed E-state index contributed by atoms with van der Waals surface area (Å²) >= 11 is 2.80. The van der Waals surface area contributed by atoms with Crippen molar-refractivity contribution in [2.45, 2.75) is 39.0 Å². The van der Waals surface area contributed by atoms with Crippen LogP contribution in [0.15, 0.2) is 34.2 Å². The van der Waals surface area contributed by atoms with Gasteiger partial charge in [0, 0.05) is 23.5 Å². The number of aryl methyl sites for hydroxylation is 2. The van der Waals surface area contributed by atoms with Gasteiger partial charge >= 0.3 is 0 Å². The molecule has 8 heteroatoms. The summed E-state index contributed by atoms with van der Waals surface area (Å²) in [6, 6.07) is 7.57. The number of fused-ring (bicyclic) bond motifs is 1. The van der Waals surface area contributed by atoms with Gasteiger partial charge in [0.25, 0.3) is 5.56 Å². The fourth-order valence-electron chi connectivity index (χ4n) is 2.92. The number of ether oxygens (including phenoxy) is 1. The second-order valence-electron chi connectivity index (χ2n) is 6.28. The lowest BCUT2D eigenvalue weighted by Crippen LogP contribution is -2.26. The van der Waals surface area contributed by atoms with Crippen LogP contribution >= 0.6 is 23.1 Å². The van der Waals surface area contributed by atoms with E-state index in [4.69, 9.17) is 4.74 Å². The normalized spacial score (nSPS) is 11.0. The molecule has 0 bridgehead atoms. The first kappa shape index (κ1) is 20.4. The Morgan fingerprint density at radius 1 is 1.32 bits per heavy atom. The van der Waals surface area contributed by atoms with Crippen molar-refractivity contribution in [1.82, 2.24) is 14.9 Å². The zero-order chi connectivity index (χ0) is 20.3. The fraction of sp³-hybridized carbons (Fsp3) is 0.350. The van der Waals surface area contributed by atoms with Gasteiger partial charge in [0.15, 0.2) is 5.16 Å². The average molecular weight is 418 g/mol. The molecule has 1 N–H and O–H groups in total. The molecular formula is C20H23N3O3S2. The van der Waals surface area contributed by atoms with E-state index in [1.165, 1.54) is 23.1 Å². The number of carbonyl (C=O) groups is 1. The molecule has 1 amide bonds. The number of aromatic nitrogens is 2. The summed E-state index contributed by atoms with van der Waals surface area (Å²) in [5.41, 5.74) is 1.87. The molecule has 28 heavy (non-hydrogen) atoms. The maximum absolute atomic E-state index is 12.8. The zero-order valence-corrected chi connectivity index (χ0v) is 18.0. The monoisotopic (exact) mass is 417 g/mol. The van der Waals surface area contributed by atoms with Crippen molar-refractivity contribution in [1.29, 1.82) is 0 Å². The molecule has 0 aliphatic carbocycles. The van der Waals surface area contributed by atoms with Crippen LogP contribution in [0, 0.1) is 13.8 Å². The molecule has 0 spiro atoms. The molecule has 0 unspecified atom stereocenters. The van der Waals surface area contributed by atoms with Gasteiger partial charge in [-0.3, -0.25) is 14.2 Å². The molecule has 0 saturated carbocycles. The van der Waals surface area contributed by atoms with Gasteiger partial charge in [-0.2, -0.15) is 0 Å². The predicted molar refractivity (Wildman–Crippen MR) is 115 cm³/mol. The first-order chi connectivity index (χ1) is 13.5. The minimum atomic E-state index is -0.119. The highest BCUT2D eigenvalue weighted by atomic mass is 32.2. The molecule has 3 aromatic rings. The van der Waals surface area contributed by atoms with Crippen molar-refractivity contribution in [3.05, 3.63) is 50.6 Å². The van der Waals surface area contributed by atoms with Gasteiger partial charge in [-0.1, -0.05) is 30.0 Å². The number of para-hydroxylation sites is 1. The lowest BCUT2D eigenvalue weighted by Gasteiger charge is -2.11. The van der Waals surface area contributed by atoms with Gasteiger partial charge in [-0.25, -0.2) is 4.98 Å². The molecule has 1 aromatic carbocycles. The van der Waals surface area contributed by atoms with E-state index in [1.807, 2.05) is 45.0 Å². The molecule has 0 aliphatic rings. The first-order valence-corrected chi connectivity index (χ1v) is 10.8. The fourth-order valence-corrected chi connectivity index (χ4v) is 4.89. The number of thiophene rings is 1. The second-order valence-corrected chi connectivity index (χ2v) is 8.43. The van der Waals surface area contributed by atoms with Crippen LogP contribution in [-0.4, -0.2) is 28.3 Å². The van der Waals surface area contributed by atoms with Gasteiger partial charge in [-0.15, -0.1) is 11.3 Å². The number of nitrogens with one attached hydrogen (secondary N) is 1. The number of amides is 1. The summed E-state index contributed by atoms with van der Waals surface area (Å²) in [6.45, 7) is 6.77. The van der Waals surface area contributed by atoms with Crippen LogP contribution in [0.3, 0.4) is 0 Å². The van der Waals surface area contributed by atoms with E-state index in [2.05, 4.69) is 10.3 Å². The van der Waals surface area contributed by atoms with Crippen LogP contribution in [0.25, 0.3) is 10.2 Å². The molecule has 2 aromatic heterocycles. The topological polar surface area (TPSA) is 73.2 Å². The highest BCUT2D eigenvalue weighted by Crippen LogP contribution is 2.28. The maximum Gasteiger partial charge on any atom is 0.263 e. The van der Waals surface area contributed by atoms with Gasteiger partial charge in [0.2, 0.25) is 5.91 Å². The number of nitrogens with zero attached hydrogens (tertiary/aromatic N) is 2. The second kappa shape index (κ2) is 8.79. The smallest absolute Gasteiger partial charge is 0.263 e. The van der Waals surface area contributed by atoms with Crippen LogP contribution in [0.2, 0.25) is 0 Å². The van der Waals surface area contributed by atoms with Gasteiger partial charge in [0.1, 0.15) is 10.6 Å². The van der Waals surface area contributed by atoms with E-state index >= 15 is 0 Å². The van der Waals surface area contributed by atoms with E-state index in [-0.39, 0.29) is 17.2 Å². The number of carbonyl (C=O) groups excluding carboxylic acids is 1. The Morgan fingerprint density at radius 2 is 2.07 bits per heavy atom. The highest BCUT2D eigenvalue weighted by molar-refractivity contribution is 7.99. The summed E-state index contributed by atoms with van der Waals surface area (Å²) in [5.74, 6) is 0.813. The van der Waals surface area contributed by atoms with Crippen LogP contribution in [0.4, 0.5) is 0 Å². The molecule has 6 nitrogen and oxygen atoms in total. The summed E-state index contributed by atoms with van der Waals surface area (Å²) in [4.78, 5) is 31.6. The van der Waals surface area contributed by atoms with Crippen molar-refractivity contribution < 1.29 is 9.53 Å². The van der Waals surface area contributed by atoms with Crippen molar-refractivity contribution in [2.75, 3.05) is 12.9 Å². The number of hydrogen-bond acceptors (Lipinski definition) is 6. The van der Waals surface area contributed by atoms with E-state index in [0.717, 1.165) is 26.6 Å². The minimum Gasteiger partial charge on any atom is -0.496 e. The Hall–Kier alpha value is -2.32. The third-order valence-corrected chi connectivity index (χ3v) is 6.65. The molecule has 0 fully saturated rings. The van der Waals surface area contributed by atoms with Crippen LogP contribution in [0.1, 0.15) is 22.9 Å². The molecular weight excluding hydrogens is 394 g/mol. The summed E-state index contributed by atoms with van der Waals surface area (Å²) < 4.78 is 6.94. The van der Waals surface area contributed by atoms with Crippen molar-refractivity contribution in [2.24, 2.45) is 0 Å². The Balaban J connectivity index is 1.72. The Bertz CT molecular complexity index is 1070. The average Bonchev–Trinajstić information content (AvgIpc) is 2.98. The molecule has 2 heterocycles. The van der Waals surface area contributed by atoms with E-state index in [0.29, 0.717) is 23.6 Å². The SMILES string of the molecule is CCn1c(SCC(=O)NCc2ccccc2OC)nc2sc(C)c(C)c2c1=O. The largest absolute Gasteiger partial charge is 0.496 e. The first-order valence-electron chi connectivity index (χ1n) is 8.98. The van der Waals surface area contributed by atoms with E-state index in [1.54, 1.807) is 11.7 Å². The minimum absolute atomic E-state index is 0.0359. The van der Waals surface area contributed by atoms with Crippen molar-refractivity contribution in [3.63, 3.8) is 0 Å². The Kier molecular flexibility index (Phi) is 6.41. The molecule has 0 saturated heterocycles. The number of benzene rings is 1. The van der Waals surface area contributed by atoms with E-state index in [9.17, 15) is 9.59 Å². The van der Waals surface area contributed by atoms with Crippen molar-refractivity contribution in [3.8, 4) is 5.75 Å². The summed E-state index contributed by atoms with van der Waals surface area (Å²) in [5, 5.41) is 4.16. The number of thioether (sulfide) groups is 1. The standard InChI is InChI=1S/C20H23N3O3S2/c1-5-23-19(25)17-12(2)13(3)28-18(17)22-20(23)27-11-16(24)21-10-14-8-6-7-9-15(14)26-4/h6-9H,5,10-11H2,1-4H3,(H,21,24). The molecule has 0 atom stereocenters. The molecule has 148 valence electrons. The maximum atomic E-state index is 12.8. The molecule has 0 radical (unpaired) electrons. The third kappa shape index (κ3) is 4.07. The Labute approximate surface area is 171 Å². The number of rotatable bonds is 7. The number of hydrogen-bond donors (Lipinski definition) is 1. The van der Waals surface area contributed by atoms with Crippen molar-refractivity contribution >= 4 is 39.2 Å². The van der Waals surface area contributed by atoms with E-state index < -0.39 is 0 Å². The quantitative estimate of drug-likeness (QED) is 0.470. The Morgan fingerprint density at radius 3 is 2.79 bits per heavy atom.